The number of esters is 1. The summed E-state index contributed by atoms with van der Waals surface area (Å²) in [7, 11) is 1.33. The molecule has 102 valence electrons. The van der Waals surface area contributed by atoms with E-state index in [4.69, 9.17) is 14.2 Å². The van der Waals surface area contributed by atoms with Crippen LogP contribution in [0.3, 0.4) is 0 Å². The molecule has 4 nitrogen and oxygen atoms in total. The summed E-state index contributed by atoms with van der Waals surface area (Å²) in [4.78, 5) is 11.8. The highest BCUT2D eigenvalue weighted by Crippen LogP contribution is 2.44. The third-order valence-corrected chi connectivity index (χ3v) is 3.41. The first-order chi connectivity index (χ1) is 9.69. The van der Waals surface area contributed by atoms with Crippen LogP contribution in [0.25, 0.3) is 0 Å². The van der Waals surface area contributed by atoms with E-state index in [1.165, 1.54) is 7.11 Å². The van der Waals surface area contributed by atoms with E-state index in [9.17, 15) is 4.79 Å². The summed E-state index contributed by atoms with van der Waals surface area (Å²) in [6.07, 6.45) is -0.552. The van der Waals surface area contributed by atoms with Crippen LogP contribution >= 0.6 is 15.9 Å². The zero-order chi connectivity index (χ0) is 14.1. The van der Waals surface area contributed by atoms with Crippen LogP contribution < -0.4 is 9.47 Å². The topological polar surface area (TPSA) is 44.8 Å². The molecular formula is C15H11BrO4. The molecule has 0 spiro atoms. The molecule has 0 saturated carbocycles. The standard InChI is InChI=1S/C15H11BrO4/c1-18-14(17)11-7-10(16)8-12-13(11)20-15(19-12)9-5-3-2-4-6-9/h2-8,15H,1H3. The van der Waals surface area contributed by atoms with E-state index in [0.717, 1.165) is 10.0 Å². The molecule has 0 N–H and O–H groups in total. The van der Waals surface area contributed by atoms with Crippen LogP contribution in [0.4, 0.5) is 0 Å². The Hall–Kier alpha value is -2.01. The number of hydrogen-bond donors (Lipinski definition) is 0. The van der Waals surface area contributed by atoms with Gasteiger partial charge in [-0.15, -0.1) is 0 Å². The minimum Gasteiger partial charge on any atom is -0.465 e. The zero-order valence-corrected chi connectivity index (χ0v) is 12.2. The van der Waals surface area contributed by atoms with E-state index < -0.39 is 12.3 Å². The van der Waals surface area contributed by atoms with Crippen molar-refractivity contribution in [2.75, 3.05) is 7.11 Å². The van der Waals surface area contributed by atoms with Crippen LogP contribution in [0, 0.1) is 0 Å². The number of carbonyl (C=O) groups excluding carboxylic acids is 1. The molecule has 1 aliphatic rings. The molecule has 1 heterocycles. The van der Waals surface area contributed by atoms with Gasteiger partial charge in [-0.25, -0.2) is 4.79 Å². The van der Waals surface area contributed by atoms with Crippen molar-refractivity contribution >= 4 is 21.9 Å². The number of methoxy groups -OCH3 is 1. The molecule has 20 heavy (non-hydrogen) atoms. The molecule has 0 bridgehead atoms. The molecule has 1 unspecified atom stereocenters. The van der Waals surface area contributed by atoms with E-state index in [1.807, 2.05) is 30.3 Å². The van der Waals surface area contributed by atoms with Crippen LogP contribution in [0.1, 0.15) is 22.2 Å². The number of benzene rings is 2. The third kappa shape index (κ3) is 2.25. The molecule has 0 saturated heterocycles. The summed E-state index contributed by atoms with van der Waals surface area (Å²) in [5.74, 6) is 0.474. The van der Waals surface area contributed by atoms with Crippen molar-refractivity contribution in [2.24, 2.45) is 0 Å². The molecule has 0 amide bonds. The first-order valence-electron chi connectivity index (χ1n) is 5.99. The molecule has 0 aliphatic carbocycles. The fraction of sp³-hybridized carbons (Fsp3) is 0.133. The lowest BCUT2D eigenvalue weighted by molar-refractivity contribution is 0.0459. The predicted molar refractivity (Wildman–Crippen MR) is 75.9 cm³/mol. The average molecular weight is 335 g/mol. The van der Waals surface area contributed by atoms with Gasteiger partial charge in [0.25, 0.3) is 6.29 Å². The fourth-order valence-corrected chi connectivity index (χ4v) is 2.47. The van der Waals surface area contributed by atoms with Crippen molar-refractivity contribution < 1.29 is 19.0 Å². The second kappa shape index (κ2) is 5.17. The van der Waals surface area contributed by atoms with Gasteiger partial charge in [-0.2, -0.15) is 0 Å². The Bertz CT molecular complexity index is 654. The SMILES string of the molecule is COC(=O)c1cc(Br)cc2c1OC(c1ccccc1)O2. The van der Waals surface area contributed by atoms with E-state index in [1.54, 1.807) is 12.1 Å². The lowest BCUT2D eigenvalue weighted by Crippen LogP contribution is -2.08. The maximum atomic E-state index is 11.8. The van der Waals surface area contributed by atoms with Gasteiger partial charge in [0.15, 0.2) is 11.5 Å². The maximum Gasteiger partial charge on any atom is 0.341 e. The summed E-state index contributed by atoms with van der Waals surface area (Å²) in [6.45, 7) is 0. The van der Waals surface area contributed by atoms with Gasteiger partial charge in [-0.3, -0.25) is 0 Å². The Labute approximate surface area is 124 Å². The van der Waals surface area contributed by atoms with Gasteiger partial charge in [0.05, 0.1) is 7.11 Å². The van der Waals surface area contributed by atoms with E-state index in [2.05, 4.69) is 15.9 Å². The van der Waals surface area contributed by atoms with Gasteiger partial charge in [0.2, 0.25) is 0 Å². The number of ether oxygens (including phenoxy) is 3. The molecule has 0 aromatic heterocycles. The minimum atomic E-state index is -0.552. The van der Waals surface area contributed by atoms with Gasteiger partial charge in [0, 0.05) is 10.0 Å². The molecule has 1 atom stereocenters. The first-order valence-corrected chi connectivity index (χ1v) is 6.78. The van der Waals surface area contributed by atoms with Gasteiger partial charge in [-0.1, -0.05) is 46.3 Å². The summed E-state index contributed by atoms with van der Waals surface area (Å²) in [5.41, 5.74) is 1.23. The summed E-state index contributed by atoms with van der Waals surface area (Å²) in [6, 6.07) is 13.0. The molecule has 3 rings (SSSR count). The summed E-state index contributed by atoms with van der Waals surface area (Å²) in [5, 5.41) is 0. The van der Waals surface area contributed by atoms with Crippen molar-refractivity contribution in [1.29, 1.82) is 0 Å². The van der Waals surface area contributed by atoms with Gasteiger partial charge >= 0.3 is 5.97 Å². The van der Waals surface area contributed by atoms with Crippen LogP contribution in [-0.2, 0) is 4.74 Å². The number of fused-ring (bicyclic) bond motifs is 1. The fourth-order valence-electron chi connectivity index (χ4n) is 2.03. The van der Waals surface area contributed by atoms with Crippen LogP contribution in [-0.4, -0.2) is 13.1 Å². The Morgan fingerprint density at radius 3 is 2.65 bits per heavy atom. The van der Waals surface area contributed by atoms with Gasteiger partial charge in [-0.05, 0) is 12.1 Å². The second-order valence-corrected chi connectivity index (χ2v) is 5.17. The van der Waals surface area contributed by atoms with Gasteiger partial charge in [0.1, 0.15) is 5.56 Å². The van der Waals surface area contributed by atoms with Crippen LogP contribution in [0.2, 0.25) is 0 Å². The summed E-state index contributed by atoms with van der Waals surface area (Å²) < 4.78 is 17.0. The molecule has 0 radical (unpaired) electrons. The second-order valence-electron chi connectivity index (χ2n) is 4.25. The van der Waals surface area contributed by atoms with Crippen molar-refractivity contribution in [3.8, 4) is 11.5 Å². The predicted octanol–water partition coefficient (Wildman–Crippen LogP) is 3.71. The number of carbonyl (C=O) groups is 1. The lowest BCUT2D eigenvalue weighted by Gasteiger charge is -2.10. The number of hydrogen-bond acceptors (Lipinski definition) is 4. The maximum absolute atomic E-state index is 11.8. The molecule has 1 aliphatic heterocycles. The quantitative estimate of drug-likeness (QED) is 0.785. The third-order valence-electron chi connectivity index (χ3n) is 2.96. The van der Waals surface area contributed by atoms with Crippen LogP contribution in [0.5, 0.6) is 11.5 Å². The normalized spacial score (nSPS) is 16.0. The number of rotatable bonds is 2. The highest BCUT2D eigenvalue weighted by Gasteiger charge is 2.31. The van der Waals surface area contributed by atoms with Crippen molar-refractivity contribution in [3.05, 3.63) is 58.1 Å². The van der Waals surface area contributed by atoms with E-state index in [0.29, 0.717) is 17.1 Å². The highest BCUT2D eigenvalue weighted by atomic mass is 79.9. The Balaban J connectivity index is 1.99. The monoisotopic (exact) mass is 334 g/mol. The van der Waals surface area contributed by atoms with Gasteiger partial charge < -0.3 is 14.2 Å². The van der Waals surface area contributed by atoms with Crippen LogP contribution in [0.15, 0.2) is 46.9 Å². The molecular weight excluding hydrogens is 324 g/mol. The average Bonchev–Trinajstić information content (AvgIpc) is 2.90. The Kier molecular flexibility index (Phi) is 3.36. The highest BCUT2D eigenvalue weighted by molar-refractivity contribution is 9.10. The first kappa shape index (κ1) is 13.0. The minimum absolute atomic E-state index is 0.343. The van der Waals surface area contributed by atoms with E-state index in [-0.39, 0.29) is 0 Å². The molecule has 5 heteroatoms. The molecule has 2 aromatic carbocycles. The summed E-state index contributed by atoms with van der Waals surface area (Å²) >= 11 is 3.35. The van der Waals surface area contributed by atoms with Crippen molar-refractivity contribution in [2.45, 2.75) is 6.29 Å². The lowest BCUT2D eigenvalue weighted by atomic mass is 10.2. The smallest absolute Gasteiger partial charge is 0.341 e. The Morgan fingerprint density at radius 2 is 1.95 bits per heavy atom. The largest absolute Gasteiger partial charge is 0.465 e. The van der Waals surface area contributed by atoms with Crippen molar-refractivity contribution in [1.82, 2.24) is 0 Å². The van der Waals surface area contributed by atoms with E-state index >= 15 is 0 Å². The molecule has 2 aromatic rings. The molecule has 0 fully saturated rings. The Morgan fingerprint density at radius 1 is 1.20 bits per heavy atom. The van der Waals surface area contributed by atoms with Crippen molar-refractivity contribution in [3.63, 3.8) is 0 Å². The number of halogens is 1. The zero-order valence-electron chi connectivity index (χ0n) is 10.6.